The van der Waals surface area contributed by atoms with E-state index >= 15 is 0 Å². The first-order chi connectivity index (χ1) is 17.6. The minimum Gasteiger partial charge on any atom is -0.354 e. The maximum atomic E-state index is 13.6. The van der Waals surface area contributed by atoms with Crippen LogP contribution in [0.5, 0.6) is 0 Å². The average Bonchev–Trinajstić information content (AvgIpc) is 3.17. The monoisotopic (exact) mass is 496 g/mol. The normalized spacial score (nSPS) is 22.1. The van der Waals surface area contributed by atoms with Crippen LogP contribution in [0.25, 0.3) is 0 Å². The number of imide groups is 1. The third-order valence-electron chi connectivity index (χ3n) is 8.00. The van der Waals surface area contributed by atoms with Crippen molar-refractivity contribution >= 4 is 29.5 Å². The van der Waals surface area contributed by atoms with E-state index in [1.807, 2.05) is 6.26 Å². The van der Waals surface area contributed by atoms with Crippen molar-refractivity contribution in [2.75, 3.05) is 18.6 Å². The van der Waals surface area contributed by atoms with Gasteiger partial charge in [0.2, 0.25) is 5.91 Å². The fourth-order valence-corrected chi connectivity index (χ4v) is 6.87. The number of thioether (sulfide) groups is 1. The molecule has 36 heavy (non-hydrogen) atoms. The van der Waals surface area contributed by atoms with Crippen LogP contribution < -0.4 is 5.32 Å². The number of benzene rings is 3. The van der Waals surface area contributed by atoms with E-state index < -0.39 is 6.04 Å². The molecule has 0 radical (unpaired) electrons. The summed E-state index contributed by atoms with van der Waals surface area (Å²) in [6, 6.07) is 23.3. The molecule has 1 heterocycles. The van der Waals surface area contributed by atoms with Gasteiger partial charge in [-0.15, -0.1) is 0 Å². The Morgan fingerprint density at radius 3 is 1.97 bits per heavy atom. The maximum Gasteiger partial charge on any atom is 0.262 e. The summed E-state index contributed by atoms with van der Waals surface area (Å²) in [5.41, 5.74) is 6.25. The molecule has 6 heteroatoms. The predicted molar refractivity (Wildman–Crippen MR) is 141 cm³/mol. The SMILES string of the molecule is CSCC[C@H](C(=O)NC[C@@H]1CC2c3ccccc3C1c1ccccc12)N1C(=O)c2ccccc2C1=O. The Hall–Kier alpha value is -3.38. The Kier molecular flexibility index (Phi) is 5.92. The van der Waals surface area contributed by atoms with E-state index in [4.69, 9.17) is 0 Å². The lowest BCUT2D eigenvalue weighted by atomic mass is 9.59. The van der Waals surface area contributed by atoms with Crippen LogP contribution in [0, 0.1) is 5.92 Å². The number of hydrogen-bond acceptors (Lipinski definition) is 4. The minimum atomic E-state index is -0.815. The van der Waals surface area contributed by atoms with Crippen LogP contribution in [0.2, 0.25) is 0 Å². The molecule has 1 N–H and O–H groups in total. The molecule has 3 aromatic rings. The van der Waals surface area contributed by atoms with Crippen LogP contribution in [0.3, 0.4) is 0 Å². The molecule has 2 bridgehead atoms. The Morgan fingerprint density at radius 1 is 0.889 bits per heavy atom. The number of carbonyl (C=O) groups is 3. The van der Waals surface area contributed by atoms with Gasteiger partial charge in [-0.2, -0.15) is 11.8 Å². The van der Waals surface area contributed by atoms with Gasteiger partial charge in [0.1, 0.15) is 6.04 Å². The highest BCUT2D eigenvalue weighted by atomic mass is 32.2. The van der Waals surface area contributed by atoms with Crippen molar-refractivity contribution < 1.29 is 14.4 Å². The van der Waals surface area contributed by atoms with Gasteiger partial charge in [-0.05, 0) is 65.2 Å². The Bertz CT molecular complexity index is 1290. The Balaban J connectivity index is 1.24. The lowest BCUT2D eigenvalue weighted by molar-refractivity contribution is -0.125. The fraction of sp³-hybridized carbons (Fsp3) is 0.300. The quantitative estimate of drug-likeness (QED) is 0.477. The molecule has 5 nitrogen and oxygen atoms in total. The fourth-order valence-electron chi connectivity index (χ4n) is 6.41. The minimum absolute atomic E-state index is 0.228. The molecule has 0 saturated carbocycles. The summed E-state index contributed by atoms with van der Waals surface area (Å²) in [5, 5.41) is 3.16. The van der Waals surface area contributed by atoms with E-state index in [9.17, 15) is 14.4 Å². The third-order valence-corrected chi connectivity index (χ3v) is 8.64. The van der Waals surface area contributed by atoms with E-state index in [2.05, 4.69) is 53.8 Å². The molecule has 1 aliphatic heterocycles. The first-order valence-electron chi connectivity index (χ1n) is 12.5. The van der Waals surface area contributed by atoms with Crippen LogP contribution >= 0.6 is 11.8 Å². The van der Waals surface area contributed by atoms with E-state index in [1.165, 1.54) is 27.2 Å². The van der Waals surface area contributed by atoms with Gasteiger partial charge < -0.3 is 5.32 Å². The van der Waals surface area contributed by atoms with Gasteiger partial charge in [0, 0.05) is 18.4 Å². The summed E-state index contributed by atoms with van der Waals surface area (Å²) in [6.45, 7) is 0.515. The number of carbonyl (C=O) groups excluding carboxylic acids is 3. The number of fused-ring (bicyclic) bond motifs is 2. The van der Waals surface area contributed by atoms with E-state index in [1.54, 1.807) is 36.0 Å². The van der Waals surface area contributed by atoms with E-state index in [-0.39, 0.29) is 29.6 Å². The van der Waals surface area contributed by atoms with Crippen LogP contribution in [-0.2, 0) is 4.79 Å². The zero-order valence-electron chi connectivity index (χ0n) is 20.1. The summed E-state index contributed by atoms with van der Waals surface area (Å²) in [6.07, 6.45) is 3.37. The van der Waals surface area contributed by atoms with Crippen molar-refractivity contribution in [1.29, 1.82) is 0 Å². The summed E-state index contributed by atoms with van der Waals surface area (Å²) >= 11 is 1.60. The Labute approximate surface area is 215 Å². The van der Waals surface area contributed by atoms with Gasteiger partial charge in [-0.3, -0.25) is 19.3 Å². The first-order valence-corrected chi connectivity index (χ1v) is 13.9. The van der Waals surface area contributed by atoms with Crippen molar-refractivity contribution in [3.63, 3.8) is 0 Å². The zero-order chi connectivity index (χ0) is 24.8. The second kappa shape index (κ2) is 9.25. The highest BCUT2D eigenvalue weighted by Crippen LogP contribution is 2.55. The number of rotatable bonds is 7. The molecule has 0 spiro atoms. The molecule has 3 aliphatic carbocycles. The summed E-state index contributed by atoms with van der Waals surface area (Å²) in [7, 11) is 0. The molecule has 0 aromatic heterocycles. The van der Waals surface area contributed by atoms with Gasteiger partial charge in [0.05, 0.1) is 11.1 Å². The van der Waals surface area contributed by atoms with Gasteiger partial charge in [0.15, 0.2) is 0 Å². The van der Waals surface area contributed by atoms with E-state index in [0.29, 0.717) is 35.8 Å². The molecular formula is C30H28N2O3S. The van der Waals surface area contributed by atoms with Gasteiger partial charge in [-0.25, -0.2) is 0 Å². The standard InChI is InChI=1S/C30H28N2O3S/c1-36-15-14-26(32-29(34)23-12-6-7-13-24(23)30(32)35)28(33)31-17-18-16-25-19-8-2-4-10-21(19)27(18)22-11-5-3-9-20(22)25/h2-13,18,25-27H,14-17H2,1H3,(H,31,33)/t18-,25?,26+,27?/m0/s1. The highest BCUT2D eigenvalue weighted by Gasteiger charge is 2.45. The predicted octanol–water partition coefficient (Wildman–Crippen LogP) is 4.82. The van der Waals surface area contributed by atoms with E-state index in [0.717, 1.165) is 6.42 Å². The molecule has 2 atom stereocenters. The van der Waals surface area contributed by atoms with Gasteiger partial charge in [-0.1, -0.05) is 60.7 Å². The summed E-state index contributed by atoms with van der Waals surface area (Å²) in [5.74, 6) is 0.487. The molecule has 0 saturated heterocycles. The molecule has 7 rings (SSSR count). The molecule has 182 valence electrons. The number of hydrogen-bond donors (Lipinski definition) is 1. The second-order valence-corrected chi connectivity index (χ2v) is 10.8. The third kappa shape index (κ3) is 3.58. The van der Waals surface area contributed by atoms with Crippen molar-refractivity contribution in [2.45, 2.75) is 30.7 Å². The largest absolute Gasteiger partial charge is 0.354 e. The molecule has 0 unspecified atom stereocenters. The molecule has 4 aliphatic rings. The highest BCUT2D eigenvalue weighted by molar-refractivity contribution is 7.98. The lowest BCUT2D eigenvalue weighted by Gasteiger charge is -2.45. The molecular weight excluding hydrogens is 468 g/mol. The van der Waals surface area contributed by atoms with Crippen LogP contribution in [0.4, 0.5) is 0 Å². The molecule has 3 aromatic carbocycles. The lowest BCUT2D eigenvalue weighted by Crippen LogP contribution is -2.51. The average molecular weight is 497 g/mol. The van der Waals surface area contributed by atoms with Crippen molar-refractivity contribution in [1.82, 2.24) is 10.2 Å². The van der Waals surface area contributed by atoms with Gasteiger partial charge in [0.25, 0.3) is 11.8 Å². The van der Waals surface area contributed by atoms with Gasteiger partial charge >= 0.3 is 0 Å². The number of amides is 3. The maximum absolute atomic E-state index is 13.6. The number of nitrogens with zero attached hydrogens (tertiary/aromatic N) is 1. The van der Waals surface area contributed by atoms with Crippen molar-refractivity contribution in [3.05, 3.63) is 106 Å². The first kappa shape index (κ1) is 23.0. The second-order valence-electron chi connectivity index (χ2n) is 9.85. The Morgan fingerprint density at radius 2 is 1.42 bits per heavy atom. The number of nitrogens with one attached hydrogen (secondary N) is 1. The smallest absolute Gasteiger partial charge is 0.262 e. The van der Waals surface area contributed by atoms with Crippen LogP contribution in [-0.4, -0.2) is 47.2 Å². The molecule has 0 fully saturated rings. The van der Waals surface area contributed by atoms with Crippen LogP contribution in [0.15, 0.2) is 72.8 Å². The summed E-state index contributed by atoms with van der Waals surface area (Å²) < 4.78 is 0. The zero-order valence-corrected chi connectivity index (χ0v) is 21.0. The topological polar surface area (TPSA) is 66.5 Å². The van der Waals surface area contributed by atoms with Crippen molar-refractivity contribution in [3.8, 4) is 0 Å². The summed E-state index contributed by atoms with van der Waals surface area (Å²) in [4.78, 5) is 41.0. The van der Waals surface area contributed by atoms with Crippen LogP contribution in [0.1, 0.15) is 67.6 Å². The molecule has 3 amide bonds. The van der Waals surface area contributed by atoms with Crippen molar-refractivity contribution in [2.24, 2.45) is 5.92 Å².